The molecule has 0 bridgehead atoms. The van der Waals surface area contributed by atoms with E-state index in [4.69, 9.17) is 36.6 Å². The Morgan fingerprint density at radius 3 is 1.02 bits per heavy atom. The van der Waals surface area contributed by atoms with Crippen LogP contribution >= 0.6 is 24.8 Å². The first-order valence-electron chi connectivity index (χ1n) is 31.8. The van der Waals surface area contributed by atoms with Crippen LogP contribution in [-0.4, -0.2) is 84.0 Å². The average Bonchev–Trinajstić information content (AvgIpc) is 3.35. The Balaban J connectivity index is 0.000000633. The number of Topliss-reactive ketones (excluding diaryl/α,β-unsaturated/α-hetero) is 1. The van der Waals surface area contributed by atoms with E-state index in [1.165, 1.54) is 19.3 Å². The second-order valence-electron chi connectivity index (χ2n) is 26.1. The van der Waals surface area contributed by atoms with Crippen LogP contribution in [0.5, 0.6) is 0 Å². The molecule has 3 amide bonds. The fraction of sp³-hybridized carbons (Fsp3) is 0.638. The third-order valence-electron chi connectivity index (χ3n) is 17.6. The molecule has 21 heteroatoms. The fourth-order valence-corrected chi connectivity index (χ4v) is 12.3. The first-order chi connectivity index (χ1) is 41.3. The monoisotopic (exact) mass is 1310 g/mol. The number of carbonyl (C=O) groups excluding carboxylic acids is 6. The number of carboxylic acids is 1. The lowest BCUT2D eigenvalue weighted by molar-refractivity contribution is -0.192. The van der Waals surface area contributed by atoms with Gasteiger partial charge in [-0.3, -0.25) is 28.8 Å². The molecular weight excluding hydrogens is 1200 g/mol. The van der Waals surface area contributed by atoms with Gasteiger partial charge >= 0.3 is 24.1 Å². The molecule has 3 aromatic carbocycles. The molecule has 0 aliphatic heterocycles. The van der Waals surface area contributed by atoms with E-state index in [-0.39, 0.29) is 91.5 Å². The summed E-state index contributed by atoms with van der Waals surface area (Å²) in [5, 5.41) is 15.9. The second-order valence-corrected chi connectivity index (χ2v) is 26.1. The number of aliphatic carboxylic acids is 1. The van der Waals surface area contributed by atoms with Crippen molar-refractivity contribution >= 4 is 66.2 Å². The molecule has 0 spiro atoms. The van der Waals surface area contributed by atoms with Crippen LogP contribution in [0, 0.1) is 71.0 Å². The SMILES string of the molecule is CC(C)[C@@H]1CC[C@@H](C)C[C@H]1C(=O)CC[C@@H](NC(=O)[C@@H](C)N)c1ccccc1.CC(C)[C@@H]1CC[C@@H](C)C[C@H]1C(=O)OC[C@@H](NC(=O)[C@@H](C)N)c1ccccc1.CC(C)[C@@H]1CC[C@@H](C)C[C@H]1C(=O)OC[C@@H](NC(=O)[C@H](C)N)c1ccccc1.Cl.Cl.O=C(O)C(F)(F)F. The standard InChI is InChI=1S/C23H36N2O2.2C22H34N2O3.C2HF3O2.2ClH/c1-15(2)19-11-10-16(3)14-20(19)22(26)13-12-21(25-23(27)17(4)24)18-8-6-5-7-9-18;2*1-14(2)18-11-10-15(3)12-19(18)22(26)27-13-20(24-21(25)16(4)23)17-8-6-5-7-9-17;3-2(4,5)1(6)7;;/h5-9,15-17,19-21H,10-14,24H2,1-4H3,(H,25,27);2*5-9,14-16,18-20H,10-13,23H2,1-4H3,(H,24,25);(H,6,7);2*1H/t16-,17-,19+,20-,21-;15-,16+,18+,19-,20-;15-,16-,18+,19-,20-;;;/m111.../s1. The number of nitrogens with one attached hydrogen (secondary N) is 3. The maximum Gasteiger partial charge on any atom is 0.490 e. The smallest absolute Gasteiger partial charge is 0.475 e. The highest BCUT2D eigenvalue weighted by atomic mass is 35.5. The number of benzene rings is 3. The first-order valence-corrected chi connectivity index (χ1v) is 31.8. The molecule has 16 nitrogen and oxygen atoms in total. The van der Waals surface area contributed by atoms with Gasteiger partial charge in [-0.15, -0.1) is 24.8 Å². The van der Waals surface area contributed by atoms with Crippen molar-refractivity contribution in [3.05, 3.63) is 108 Å². The number of ketones is 1. The molecular formula is C69H107Cl2F3N6O10. The molecule has 90 heavy (non-hydrogen) atoms. The number of amides is 3. The average molecular weight is 1310 g/mol. The lowest BCUT2D eigenvalue weighted by atomic mass is 9.68. The quantitative estimate of drug-likeness (QED) is 0.0462. The Hall–Kier alpha value is -5.60. The third-order valence-corrected chi connectivity index (χ3v) is 17.6. The molecule has 0 heterocycles. The van der Waals surface area contributed by atoms with Gasteiger partial charge in [0.05, 0.1) is 48.1 Å². The number of rotatable bonds is 22. The number of halogens is 5. The minimum absolute atomic E-state index is 0. The molecule has 0 radical (unpaired) electrons. The first kappa shape index (κ1) is 82.4. The van der Waals surface area contributed by atoms with Gasteiger partial charge in [0.2, 0.25) is 17.7 Å². The van der Waals surface area contributed by atoms with Gasteiger partial charge in [-0.1, -0.05) is 173 Å². The van der Waals surface area contributed by atoms with Crippen LogP contribution in [0.15, 0.2) is 91.0 Å². The predicted molar refractivity (Wildman–Crippen MR) is 352 cm³/mol. The Morgan fingerprint density at radius 2 is 0.744 bits per heavy atom. The molecule has 0 saturated heterocycles. The number of nitrogens with two attached hydrogens (primary N) is 3. The molecule has 3 aliphatic carbocycles. The largest absolute Gasteiger partial charge is 0.490 e. The highest BCUT2D eigenvalue weighted by Gasteiger charge is 2.40. The van der Waals surface area contributed by atoms with Crippen molar-refractivity contribution in [2.45, 2.75) is 196 Å². The lowest BCUT2D eigenvalue weighted by Gasteiger charge is -2.36. The summed E-state index contributed by atoms with van der Waals surface area (Å²) in [5.74, 6) is 1.03. The summed E-state index contributed by atoms with van der Waals surface area (Å²) >= 11 is 0. The zero-order chi connectivity index (χ0) is 66.0. The molecule has 0 unspecified atom stereocenters. The summed E-state index contributed by atoms with van der Waals surface area (Å²) < 4.78 is 43.2. The van der Waals surface area contributed by atoms with Gasteiger partial charge < -0.3 is 47.7 Å². The van der Waals surface area contributed by atoms with Gasteiger partial charge in [0.25, 0.3) is 0 Å². The van der Waals surface area contributed by atoms with Crippen LogP contribution < -0.4 is 33.2 Å². The molecule has 0 aromatic heterocycles. The minimum atomic E-state index is -5.08. The van der Waals surface area contributed by atoms with Gasteiger partial charge in [0.15, 0.2) is 0 Å². The number of ether oxygens (including phenoxy) is 2. The maximum atomic E-state index is 13.1. The second kappa shape index (κ2) is 41.1. The fourth-order valence-electron chi connectivity index (χ4n) is 12.3. The topological polar surface area (TPSA) is 272 Å². The van der Waals surface area contributed by atoms with Gasteiger partial charge in [-0.05, 0) is 136 Å². The van der Waals surface area contributed by atoms with Crippen molar-refractivity contribution < 1.29 is 61.3 Å². The predicted octanol–water partition coefficient (Wildman–Crippen LogP) is 12.6. The number of esters is 2. The minimum Gasteiger partial charge on any atom is -0.475 e. The van der Waals surface area contributed by atoms with E-state index in [0.29, 0.717) is 71.9 Å². The molecule has 3 aliphatic rings. The highest BCUT2D eigenvalue weighted by molar-refractivity contribution is 5.86. The van der Waals surface area contributed by atoms with Crippen molar-refractivity contribution in [1.29, 1.82) is 0 Å². The highest BCUT2D eigenvalue weighted by Crippen LogP contribution is 2.42. The zero-order valence-corrected chi connectivity index (χ0v) is 56.7. The summed E-state index contributed by atoms with van der Waals surface area (Å²) in [6.07, 6.45) is 5.66. The van der Waals surface area contributed by atoms with E-state index in [0.717, 1.165) is 55.2 Å². The molecule has 15 atom stereocenters. The van der Waals surface area contributed by atoms with Gasteiger partial charge in [0.1, 0.15) is 19.0 Å². The zero-order valence-electron chi connectivity index (χ0n) is 55.0. The van der Waals surface area contributed by atoms with E-state index in [2.05, 4.69) is 78.3 Å². The Morgan fingerprint density at radius 1 is 0.478 bits per heavy atom. The van der Waals surface area contributed by atoms with Crippen molar-refractivity contribution in [3.63, 3.8) is 0 Å². The molecule has 10 N–H and O–H groups in total. The third kappa shape index (κ3) is 28.5. The van der Waals surface area contributed by atoms with E-state index < -0.39 is 42.4 Å². The van der Waals surface area contributed by atoms with Crippen molar-refractivity contribution in [3.8, 4) is 0 Å². The van der Waals surface area contributed by atoms with Gasteiger partial charge in [-0.2, -0.15) is 13.2 Å². The van der Waals surface area contributed by atoms with Crippen LogP contribution in [0.25, 0.3) is 0 Å². The van der Waals surface area contributed by atoms with E-state index >= 15 is 0 Å². The van der Waals surface area contributed by atoms with Crippen molar-refractivity contribution in [2.24, 2.45) is 88.2 Å². The van der Waals surface area contributed by atoms with E-state index in [9.17, 15) is 41.9 Å². The number of hydrogen-bond acceptors (Lipinski definition) is 12. The van der Waals surface area contributed by atoms with Gasteiger partial charge in [0, 0.05) is 12.3 Å². The molecule has 3 fully saturated rings. The molecule has 508 valence electrons. The number of carbonyl (C=O) groups is 7. The van der Waals surface area contributed by atoms with Crippen molar-refractivity contribution in [2.75, 3.05) is 13.2 Å². The normalized spacial score (nSPS) is 23.3. The van der Waals surface area contributed by atoms with Crippen LogP contribution in [-0.2, 0) is 43.0 Å². The number of carboxylic acid groups (broad SMARTS) is 1. The molecule has 3 saturated carbocycles. The number of hydrogen-bond donors (Lipinski definition) is 7. The van der Waals surface area contributed by atoms with E-state index in [1.54, 1.807) is 20.8 Å². The van der Waals surface area contributed by atoms with Crippen LogP contribution in [0.3, 0.4) is 0 Å². The molecule has 3 aromatic rings. The van der Waals surface area contributed by atoms with Crippen LogP contribution in [0.1, 0.15) is 189 Å². The summed E-state index contributed by atoms with van der Waals surface area (Å²) in [4.78, 5) is 84.0. The van der Waals surface area contributed by atoms with E-state index in [1.807, 2.05) is 91.0 Å². The van der Waals surface area contributed by atoms with Crippen LogP contribution in [0.4, 0.5) is 13.2 Å². The summed E-state index contributed by atoms with van der Waals surface area (Å²) in [6, 6.07) is 26.2. The summed E-state index contributed by atoms with van der Waals surface area (Å²) in [6.45, 7) is 25.0. The maximum absolute atomic E-state index is 13.1. The summed E-state index contributed by atoms with van der Waals surface area (Å²) in [5.41, 5.74) is 19.9. The Bertz CT molecular complexity index is 2340. The summed E-state index contributed by atoms with van der Waals surface area (Å²) in [7, 11) is 0. The molecule has 6 rings (SSSR count). The Labute approximate surface area is 546 Å². The van der Waals surface area contributed by atoms with Crippen LogP contribution in [0.2, 0.25) is 0 Å². The van der Waals surface area contributed by atoms with Crippen molar-refractivity contribution in [1.82, 2.24) is 16.0 Å². The lowest BCUT2D eigenvalue weighted by Crippen LogP contribution is -2.42. The Kier molecular flexibility index (Phi) is 37.6. The van der Waals surface area contributed by atoms with Gasteiger partial charge in [-0.25, -0.2) is 4.79 Å². The number of alkyl halides is 3.